The van der Waals surface area contributed by atoms with Crippen LogP contribution in [0.25, 0.3) is 0 Å². The Morgan fingerprint density at radius 1 is 1.35 bits per heavy atom. The molecule has 0 radical (unpaired) electrons. The number of anilines is 1. The monoisotopic (exact) mass is 375 g/mol. The minimum atomic E-state index is -0.719. The van der Waals surface area contributed by atoms with Crippen LogP contribution in [0, 0.1) is 6.92 Å². The average molecular weight is 376 g/mol. The van der Waals surface area contributed by atoms with Gasteiger partial charge in [0.25, 0.3) is 5.91 Å². The molecule has 1 atom stereocenters. The van der Waals surface area contributed by atoms with Gasteiger partial charge in [-0.05, 0) is 43.2 Å². The predicted molar refractivity (Wildman–Crippen MR) is 95.6 cm³/mol. The summed E-state index contributed by atoms with van der Waals surface area (Å²) >= 11 is 5.93. The molecule has 2 N–H and O–H groups in total. The standard InChI is InChI=1S/C18H18ClN3O4/c1-11-4-5-12(19)9-15(11)20-16(23)7-6-14-17(24)22(18(25)21-14)10-13-3-2-8-26-13/h2-5,8-9,14H,6-7,10H2,1H3,(H,20,23)(H,21,25). The highest BCUT2D eigenvalue weighted by atomic mass is 35.5. The molecule has 1 aromatic carbocycles. The summed E-state index contributed by atoms with van der Waals surface area (Å²) < 4.78 is 5.16. The molecule has 1 aliphatic rings. The highest BCUT2D eigenvalue weighted by Crippen LogP contribution is 2.21. The van der Waals surface area contributed by atoms with E-state index in [-0.39, 0.29) is 31.2 Å². The number of nitrogens with zero attached hydrogens (tertiary/aromatic N) is 1. The van der Waals surface area contributed by atoms with Crippen molar-refractivity contribution < 1.29 is 18.8 Å². The van der Waals surface area contributed by atoms with Crippen molar-refractivity contribution in [2.24, 2.45) is 0 Å². The minimum absolute atomic E-state index is 0.0715. The largest absolute Gasteiger partial charge is 0.467 e. The van der Waals surface area contributed by atoms with E-state index in [9.17, 15) is 14.4 Å². The lowest BCUT2D eigenvalue weighted by Gasteiger charge is -2.12. The third kappa shape index (κ3) is 4.05. The molecule has 0 saturated carbocycles. The number of hydrogen-bond acceptors (Lipinski definition) is 4. The first-order chi connectivity index (χ1) is 12.4. The number of benzene rings is 1. The van der Waals surface area contributed by atoms with Crippen LogP contribution >= 0.6 is 11.6 Å². The van der Waals surface area contributed by atoms with Gasteiger partial charge in [0.1, 0.15) is 11.8 Å². The number of aryl methyl sites for hydroxylation is 1. The number of amides is 4. The van der Waals surface area contributed by atoms with Gasteiger partial charge in [0.2, 0.25) is 5.91 Å². The first-order valence-corrected chi connectivity index (χ1v) is 8.52. The second kappa shape index (κ2) is 7.61. The molecule has 0 bridgehead atoms. The van der Waals surface area contributed by atoms with Crippen molar-refractivity contribution in [3.8, 4) is 0 Å². The molecule has 26 heavy (non-hydrogen) atoms. The van der Waals surface area contributed by atoms with E-state index >= 15 is 0 Å². The Labute approximate surface area is 155 Å². The third-order valence-electron chi connectivity index (χ3n) is 4.13. The Morgan fingerprint density at radius 2 is 2.15 bits per heavy atom. The molecule has 8 heteroatoms. The van der Waals surface area contributed by atoms with E-state index in [4.69, 9.17) is 16.0 Å². The lowest BCUT2D eigenvalue weighted by molar-refractivity contribution is -0.128. The maximum atomic E-state index is 12.4. The van der Waals surface area contributed by atoms with Crippen LogP contribution in [0.1, 0.15) is 24.2 Å². The fourth-order valence-electron chi connectivity index (χ4n) is 2.70. The molecule has 1 aromatic heterocycles. The van der Waals surface area contributed by atoms with Crippen LogP contribution in [-0.2, 0) is 16.1 Å². The summed E-state index contributed by atoms with van der Waals surface area (Å²) in [6.07, 6.45) is 1.79. The van der Waals surface area contributed by atoms with Crippen molar-refractivity contribution in [2.75, 3.05) is 5.32 Å². The third-order valence-corrected chi connectivity index (χ3v) is 4.37. The van der Waals surface area contributed by atoms with Crippen molar-refractivity contribution in [1.82, 2.24) is 10.2 Å². The van der Waals surface area contributed by atoms with Crippen LogP contribution in [0.5, 0.6) is 0 Å². The van der Waals surface area contributed by atoms with Gasteiger partial charge in [-0.1, -0.05) is 17.7 Å². The molecular formula is C18H18ClN3O4. The number of carbonyl (C=O) groups excluding carboxylic acids is 3. The highest BCUT2D eigenvalue weighted by Gasteiger charge is 2.38. The van der Waals surface area contributed by atoms with Crippen molar-refractivity contribution in [2.45, 2.75) is 32.4 Å². The quantitative estimate of drug-likeness (QED) is 0.759. The molecule has 3 rings (SSSR count). The zero-order valence-electron chi connectivity index (χ0n) is 14.1. The number of hydrogen-bond donors (Lipinski definition) is 2. The lowest BCUT2D eigenvalue weighted by Crippen LogP contribution is -2.31. The van der Waals surface area contributed by atoms with Crippen molar-refractivity contribution in [3.63, 3.8) is 0 Å². The first-order valence-electron chi connectivity index (χ1n) is 8.14. The van der Waals surface area contributed by atoms with Gasteiger partial charge in [0, 0.05) is 17.1 Å². The Kier molecular flexibility index (Phi) is 5.27. The Morgan fingerprint density at radius 3 is 2.88 bits per heavy atom. The number of furan rings is 1. The van der Waals surface area contributed by atoms with Crippen molar-refractivity contribution >= 4 is 35.1 Å². The summed E-state index contributed by atoms with van der Waals surface area (Å²) in [5, 5.41) is 5.90. The fourth-order valence-corrected chi connectivity index (χ4v) is 2.87. The van der Waals surface area contributed by atoms with Gasteiger partial charge in [-0.3, -0.25) is 14.5 Å². The topological polar surface area (TPSA) is 91.7 Å². The molecule has 2 heterocycles. The number of imide groups is 1. The number of urea groups is 1. The fraction of sp³-hybridized carbons (Fsp3) is 0.278. The second-order valence-corrected chi connectivity index (χ2v) is 6.49. The number of nitrogens with one attached hydrogen (secondary N) is 2. The Bertz CT molecular complexity index is 835. The first kappa shape index (κ1) is 18.0. The van der Waals surface area contributed by atoms with Gasteiger partial charge < -0.3 is 15.1 Å². The summed E-state index contributed by atoms with van der Waals surface area (Å²) in [5.74, 6) is -0.0941. The van der Waals surface area contributed by atoms with Gasteiger partial charge in [-0.25, -0.2) is 4.79 Å². The molecular weight excluding hydrogens is 358 g/mol. The maximum Gasteiger partial charge on any atom is 0.325 e. The summed E-state index contributed by atoms with van der Waals surface area (Å²) in [7, 11) is 0. The zero-order valence-corrected chi connectivity index (χ0v) is 14.9. The smallest absolute Gasteiger partial charge is 0.325 e. The molecule has 1 fully saturated rings. The molecule has 136 valence electrons. The number of halogens is 1. The summed E-state index contributed by atoms with van der Waals surface area (Å²) in [6, 6.07) is 7.40. The second-order valence-electron chi connectivity index (χ2n) is 6.05. The summed E-state index contributed by atoms with van der Waals surface area (Å²) in [5.41, 5.74) is 1.52. The molecule has 7 nitrogen and oxygen atoms in total. The normalized spacial score (nSPS) is 16.7. The van der Waals surface area contributed by atoms with Crippen molar-refractivity contribution in [1.29, 1.82) is 0 Å². The van der Waals surface area contributed by atoms with E-state index in [0.717, 1.165) is 10.5 Å². The molecule has 0 spiro atoms. The van der Waals surface area contributed by atoms with Crippen molar-refractivity contribution in [3.05, 3.63) is 52.9 Å². The molecule has 0 aliphatic carbocycles. The predicted octanol–water partition coefficient (Wildman–Crippen LogP) is 3.08. The highest BCUT2D eigenvalue weighted by molar-refractivity contribution is 6.31. The van der Waals surface area contributed by atoms with E-state index < -0.39 is 12.1 Å². The molecule has 1 saturated heterocycles. The Hall–Kier alpha value is -2.80. The van der Waals surface area contributed by atoms with Gasteiger partial charge in [-0.2, -0.15) is 0 Å². The SMILES string of the molecule is Cc1ccc(Cl)cc1NC(=O)CCC1NC(=O)N(Cc2ccco2)C1=O. The summed E-state index contributed by atoms with van der Waals surface area (Å²) in [6.45, 7) is 1.93. The van der Waals surface area contributed by atoms with E-state index in [0.29, 0.717) is 16.5 Å². The zero-order chi connectivity index (χ0) is 18.7. The number of rotatable bonds is 6. The number of carbonyl (C=O) groups is 3. The average Bonchev–Trinajstić information content (AvgIpc) is 3.20. The molecule has 1 aliphatic heterocycles. The van der Waals surface area contributed by atoms with Crippen LogP contribution in [0.4, 0.5) is 10.5 Å². The van der Waals surface area contributed by atoms with Gasteiger partial charge in [0.05, 0.1) is 12.8 Å². The van der Waals surface area contributed by atoms with E-state index in [1.807, 2.05) is 13.0 Å². The maximum absolute atomic E-state index is 12.4. The van der Waals surface area contributed by atoms with Gasteiger partial charge in [0.15, 0.2) is 0 Å². The van der Waals surface area contributed by atoms with Crippen LogP contribution in [0.2, 0.25) is 5.02 Å². The van der Waals surface area contributed by atoms with E-state index in [2.05, 4.69) is 10.6 Å². The lowest BCUT2D eigenvalue weighted by atomic mass is 10.1. The summed E-state index contributed by atoms with van der Waals surface area (Å²) in [4.78, 5) is 37.6. The van der Waals surface area contributed by atoms with Crippen LogP contribution in [0.3, 0.4) is 0 Å². The van der Waals surface area contributed by atoms with E-state index in [1.165, 1.54) is 6.26 Å². The molecule has 2 aromatic rings. The molecule has 4 amide bonds. The Balaban J connectivity index is 1.54. The van der Waals surface area contributed by atoms with Gasteiger partial charge >= 0.3 is 6.03 Å². The minimum Gasteiger partial charge on any atom is -0.467 e. The van der Waals surface area contributed by atoms with E-state index in [1.54, 1.807) is 24.3 Å². The molecule has 1 unspecified atom stereocenters. The van der Waals surface area contributed by atoms with Crippen LogP contribution in [-0.4, -0.2) is 28.8 Å². The van der Waals surface area contributed by atoms with Crippen LogP contribution < -0.4 is 10.6 Å². The van der Waals surface area contributed by atoms with Gasteiger partial charge in [-0.15, -0.1) is 0 Å². The van der Waals surface area contributed by atoms with Crippen LogP contribution in [0.15, 0.2) is 41.0 Å².